The minimum absolute atomic E-state index is 0.0103. The summed E-state index contributed by atoms with van der Waals surface area (Å²) in [7, 11) is 0. The fourth-order valence-corrected chi connectivity index (χ4v) is 1.84. The number of halogens is 4. The number of thiocarbonyl (C=S) groups is 1. The normalized spacial score (nSPS) is 12.4. The lowest BCUT2D eigenvalue weighted by molar-refractivity contribution is -0.122. The second-order valence-corrected chi connectivity index (χ2v) is 6.60. The molecule has 0 aromatic heterocycles. The quantitative estimate of drug-likeness (QED) is 0.370. The Morgan fingerprint density at radius 2 is 2.05 bits per heavy atom. The van der Waals surface area contributed by atoms with Gasteiger partial charge in [0, 0.05) is 11.8 Å². The average Bonchev–Trinajstić information content (AvgIpc) is 2.36. The number of nitrogens with one attached hydrogen (secondary N) is 3. The average molecular weight is 375 g/mol. The van der Waals surface area contributed by atoms with Gasteiger partial charge in [0.1, 0.15) is 11.9 Å². The van der Waals surface area contributed by atoms with Crippen LogP contribution in [0.15, 0.2) is 24.3 Å². The van der Waals surface area contributed by atoms with Crippen molar-refractivity contribution >= 4 is 63.7 Å². The van der Waals surface area contributed by atoms with Crippen LogP contribution in [0.2, 0.25) is 0 Å². The molecular formula is C11H11Cl3FN3O2S. The molecule has 0 fully saturated rings. The monoisotopic (exact) mass is 373 g/mol. The first-order valence-corrected chi connectivity index (χ1v) is 7.05. The van der Waals surface area contributed by atoms with E-state index < -0.39 is 22.5 Å². The topological polar surface area (TPSA) is 73.4 Å². The van der Waals surface area contributed by atoms with E-state index in [4.69, 9.17) is 47.0 Å². The molecule has 21 heavy (non-hydrogen) atoms. The summed E-state index contributed by atoms with van der Waals surface area (Å²) in [6, 6.07) is 6.13. The molecule has 1 aromatic rings. The molecule has 0 unspecified atom stereocenters. The lowest BCUT2D eigenvalue weighted by atomic mass is 10.3. The molecule has 0 aliphatic carbocycles. The molecule has 0 aliphatic rings. The summed E-state index contributed by atoms with van der Waals surface area (Å²) in [5, 5.41) is 16.7. The molecule has 0 heterocycles. The highest BCUT2D eigenvalue weighted by atomic mass is 35.6. The maximum absolute atomic E-state index is 12.2. The van der Waals surface area contributed by atoms with Crippen LogP contribution >= 0.6 is 47.0 Å². The van der Waals surface area contributed by atoms with E-state index >= 15 is 0 Å². The zero-order chi connectivity index (χ0) is 16.0. The number of phenolic OH excluding ortho intramolecular Hbond substituents is 1. The Hall–Kier alpha value is -1.02. The van der Waals surface area contributed by atoms with Crippen LogP contribution in [0.4, 0.5) is 10.1 Å². The second-order valence-electron chi connectivity index (χ2n) is 3.82. The summed E-state index contributed by atoms with van der Waals surface area (Å²) in [5.74, 6) is -0.926. The zero-order valence-electron chi connectivity index (χ0n) is 10.4. The summed E-state index contributed by atoms with van der Waals surface area (Å²) in [6.07, 6.45) is -1.23. The van der Waals surface area contributed by atoms with Crippen molar-refractivity contribution in [2.24, 2.45) is 0 Å². The summed E-state index contributed by atoms with van der Waals surface area (Å²) < 4.78 is 10.3. The number of carbonyl (C=O) groups is 1. The Morgan fingerprint density at radius 3 is 2.57 bits per heavy atom. The summed E-state index contributed by atoms with van der Waals surface area (Å²) >= 11 is 22.0. The van der Waals surface area contributed by atoms with Gasteiger partial charge < -0.3 is 21.1 Å². The van der Waals surface area contributed by atoms with Gasteiger partial charge in [-0.3, -0.25) is 4.79 Å². The number of anilines is 1. The Morgan fingerprint density at radius 1 is 1.38 bits per heavy atom. The molecule has 0 spiro atoms. The number of amides is 1. The zero-order valence-corrected chi connectivity index (χ0v) is 13.5. The van der Waals surface area contributed by atoms with E-state index in [1.165, 1.54) is 12.1 Å². The second kappa shape index (κ2) is 7.84. The van der Waals surface area contributed by atoms with Gasteiger partial charge in [-0.15, -0.1) is 0 Å². The van der Waals surface area contributed by atoms with E-state index in [-0.39, 0.29) is 10.9 Å². The predicted octanol–water partition coefficient (Wildman–Crippen LogP) is 2.46. The highest BCUT2D eigenvalue weighted by Gasteiger charge is 2.34. The maximum Gasteiger partial charge on any atom is 0.253 e. The van der Waals surface area contributed by atoms with Gasteiger partial charge in [-0.05, 0) is 24.4 Å². The molecule has 1 atom stereocenters. The first-order valence-electron chi connectivity index (χ1n) is 5.51. The third-order valence-corrected chi connectivity index (χ3v) is 3.01. The van der Waals surface area contributed by atoms with Gasteiger partial charge in [0.15, 0.2) is 11.8 Å². The highest BCUT2D eigenvalue weighted by molar-refractivity contribution is 7.80. The molecule has 0 radical (unpaired) electrons. The number of rotatable bonds is 4. The van der Waals surface area contributed by atoms with E-state index in [2.05, 4.69) is 16.0 Å². The standard InChI is InChI=1S/C11H11Cl3FN3O2S/c12-11(13,14)9(17-8(20)5-15)18-10(21)16-6-2-1-3-7(19)4-6/h1-4,9,19H,5H2,(H,17,20)(H2,16,18,21)/t9-/m0/s1. The van der Waals surface area contributed by atoms with Crippen molar-refractivity contribution < 1.29 is 14.3 Å². The van der Waals surface area contributed by atoms with Crippen LogP contribution in [0.3, 0.4) is 0 Å². The molecule has 0 saturated heterocycles. The predicted molar refractivity (Wildman–Crippen MR) is 85.7 cm³/mol. The van der Waals surface area contributed by atoms with Gasteiger partial charge in [-0.1, -0.05) is 40.9 Å². The number of aromatic hydroxyl groups is 1. The van der Waals surface area contributed by atoms with Gasteiger partial charge in [0.2, 0.25) is 3.79 Å². The third kappa shape index (κ3) is 6.52. The van der Waals surface area contributed by atoms with Crippen LogP contribution in [0.5, 0.6) is 5.75 Å². The van der Waals surface area contributed by atoms with Crippen molar-refractivity contribution in [3.63, 3.8) is 0 Å². The van der Waals surface area contributed by atoms with Gasteiger partial charge in [-0.2, -0.15) is 0 Å². The number of alkyl halides is 4. The number of hydrogen-bond acceptors (Lipinski definition) is 3. The maximum atomic E-state index is 12.2. The molecule has 116 valence electrons. The van der Waals surface area contributed by atoms with Gasteiger partial charge in [0.25, 0.3) is 5.91 Å². The number of phenols is 1. The Balaban J connectivity index is 2.70. The number of benzene rings is 1. The SMILES string of the molecule is O=C(CF)N[C@@H](NC(=S)Nc1cccc(O)c1)C(Cl)(Cl)Cl. The van der Waals surface area contributed by atoms with E-state index in [1.807, 2.05) is 0 Å². The molecule has 1 rings (SSSR count). The Labute approximate surface area is 140 Å². The molecule has 0 bridgehead atoms. The van der Waals surface area contributed by atoms with Crippen LogP contribution in [-0.2, 0) is 4.79 Å². The molecule has 1 aromatic carbocycles. The van der Waals surface area contributed by atoms with Crippen molar-refractivity contribution in [2.45, 2.75) is 9.96 Å². The molecule has 5 nitrogen and oxygen atoms in total. The van der Waals surface area contributed by atoms with E-state index in [1.54, 1.807) is 12.1 Å². The fraction of sp³-hybridized carbons (Fsp3) is 0.273. The molecule has 0 aliphatic heterocycles. The van der Waals surface area contributed by atoms with Crippen LogP contribution < -0.4 is 16.0 Å². The number of carbonyl (C=O) groups excluding carboxylic acids is 1. The molecular weight excluding hydrogens is 364 g/mol. The largest absolute Gasteiger partial charge is 0.508 e. The van der Waals surface area contributed by atoms with Crippen molar-refractivity contribution in [1.82, 2.24) is 10.6 Å². The Kier molecular flexibility index (Phi) is 6.73. The minimum Gasteiger partial charge on any atom is -0.508 e. The summed E-state index contributed by atoms with van der Waals surface area (Å²) in [4.78, 5) is 11.1. The lowest BCUT2D eigenvalue weighted by Crippen LogP contribution is -2.56. The van der Waals surface area contributed by atoms with Crippen LogP contribution in [-0.4, -0.2) is 32.8 Å². The minimum atomic E-state index is -1.95. The van der Waals surface area contributed by atoms with Gasteiger partial charge in [-0.25, -0.2) is 4.39 Å². The third-order valence-electron chi connectivity index (χ3n) is 2.13. The highest BCUT2D eigenvalue weighted by Crippen LogP contribution is 2.29. The van der Waals surface area contributed by atoms with Crippen molar-refractivity contribution in [3.05, 3.63) is 24.3 Å². The molecule has 4 N–H and O–H groups in total. The summed E-state index contributed by atoms with van der Waals surface area (Å²) in [5.41, 5.74) is 0.479. The van der Waals surface area contributed by atoms with E-state index in [0.29, 0.717) is 5.69 Å². The molecule has 1 amide bonds. The van der Waals surface area contributed by atoms with Gasteiger partial charge >= 0.3 is 0 Å². The first kappa shape index (κ1) is 18.0. The van der Waals surface area contributed by atoms with Crippen molar-refractivity contribution in [1.29, 1.82) is 0 Å². The Bertz CT molecular complexity index is 528. The smallest absolute Gasteiger partial charge is 0.253 e. The molecule has 10 heteroatoms. The summed E-state index contributed by atoms with van der Waals surface area (Å²) in [6.45, 7) is -1.26. The first-order chi connectivity index (χ1) is 9.72. The fourth-order valence-electron chi connectivity index (χ4n) is 1.28. The van der Waals surface area contributed by atoms with Crippen LogP contribution in [0.25, 0.3) is 0 Å². The van der Waals surface area contributed by atoms with Crippen LogP contribution in [0, 0.1) is 0 Å². The number of hydrogen-bond donors (Lipinski definition) is 4. The van der Waals surface area contributed by atoms with E-state index in [0.717, 1.165) is 0 Å². The van der Waals surface area contributed by atoms with E-state index in [9.17, 15) is 14.3 Å². The van der Waals surface area contributed by atoms with Crippen LogP contribution in [0.1, 0.15) is 0 Å². The molecule has 0 saturated carbocycles. The van der Waals surface area contributed by atoms with Gasteiger partial charge in [0.05, 0.1) is 0 Å². The lowest BCUT2D eigenvalue weighted by Gasteiger charge is -2.27. The van der Waals surface area contributed by atoms with Crippen molar-refractivity contribution in [3.8, 4) is 5.75 Å². The van der Waals surface area contributed by atoms with Crippen molar-refractivity contribution in [2.75, 3.05) is 12.0 Å².